The highest BCUT2D eigenvalue weighted by atomic mass is 127. The van der Waals surface area contributed by atoms with Gasteiger partial charge in [0.2, 0.25) is 0 Å². The number of hydrogen-bond donors (Lipinski definition) is 1. The smallest absolute Gasteiger partial charge is 0.0360 e. The van der Waals surface area contributed by atoms with Crippen molar-refractivity contribution in [2.75, 3.05) is 6.54 Å². The van der Waals surface area contributed by atoms with E-state index in [1.165, 1.54) is 20.3 Å². The minimum atomic E-state index is 0.393. The molecule has 2 aromatic rings. The molecular weight excluding hydrogens is 345 g/mol. The van der Waals surface area contributed by atoms with Crippen LogP contribution in [0.4, 0.5) is 0 Å². The Balaban J connectivity index is 2.18. The molecule has 2 heteroatoms. The Morgan fingerprint density at radius 2 is 1.84 bits per heavy atom. The van der Waals surface area contributed by atoms with Crippen LogP contribution in [0.25, 0.3) is 0 Å². The van der Waals surface area contributed by atoms with Gasteiger partial charge < -0.3 is 5.32 Å². The van der Waals surface area contributed by atoms with Crippen LogP contribution < -0.4 is 5.32 Å². The Kier molecular flexibility index (Phi) is 5.40. The number of benzene rings is 2. The molecule has 1 atom stereocenters. The molecule has 0 saturated heterocycles. The lowest BCUT2D eigenvalue weighted by atomic mass is 9.97. The first-order chi connectivity index (χ1) is 9.19. The zero-order chi connectivity index (χ0) is 13.7. The number of likely N-dealkylation sites (N-methyl/N-ethyl adjacent to an activating group) is 1. The van der Waals surface area contributed by atoms with E-state index in [2.05, 4.69) is 90.3 Å². The Morgan fingerprint density at radius 1 is 1.11 bits per heavy atom. The average Bonchev–Trinajstić information content (AvgIpc) is 2.41. The zero-order valence-corrected chi connectivity index (χ0v) is 13.6. The summed E-state index contributed by atoms with van der Waals surface area (Å²) in [6.07, 6.45) is 1.04. The van der Waals surface area contributed by atoms with Crippen LogP contribution in [0, 0.1) is 10.5 Å². The minimum Gasteiger partial charge on any atom is -0.310 e. The van der Waals surface area contributed by atoms with Gasteiger partial charge in [0.25, 0.3) is 0 Å². The van der Waals surface area contributed by atoms with Crippen molar-refractivity contribution in [3.63, 3.8) is 0 Å². The van der Waals surface area contributed by atoms with Crippen LogP contribution in [0.5, 0.6) is 0 Å². The second kappa shape index (κ2) is 7.06. The van der Waals surface area contributed by atoms with Gasteiger partial charge in [-0.1, -0.05) is 48.9 Å². The largest absolute Gasteiger partial charge is 0.310 e. The first-order valence-corrected chi connectivity index (χ1v) is 7.81. The molecular formula is C17H20IN. The fraction of sp³-hybridized carbons (Fsp3) is 0.294. The first kappa shape index (κ1) is 14.5. The maximum atomic E-state index is 3.59. The summed E-state index contributed by atoms with van der Waals surface area (Å²) in [6, 6.07) is 18.0. The monoisotopic (exact) mass is 365 g/mol. The third kappa shape index (κ3) is 4.32. The van der Waals surface area contributed by atoms with Gasteiger partial charge in [-0.25, -0.2) is 0 Å². The second-order valence-electron chi connectivity index (χ2n) is 4.85. The quantitative estimate of drug-likeness (QED) is 0.770. The molecule has 0 amide bonds. The molecule has 0 aromatic heterocycles. The average molecular weight is 365 g/mol. The maximum Gasteiger partial charge on any atom is 0.0360 e. The molecule has 0 aliphatic carbocycles. The molecule has 1 unspecified atom stereocenters. The minimum absolute atomic E-state index is 0.393. The summed E-state index contributed by atoms with van der Waals surface area (Å²) in [5.74, 6) is 0. The van der Waals surface area contributed by atoms with Crippen molar-refractivity contribution in [3.8, 4) is 0 Å². The van der Waals surface area contributed by atoms with Crippen molar-refractivity contribution in [2.45, 2.75) is 26.3 Å². The van der Waals surface area contributed by atoms with E-state index in [0.717, 1.165) is 13.0 Å². The van der Waals surface area contributed by atoms with Crippen molar-refractivity contribution < 1.29 is 0 Å². The molecule has 0 aliphatic rings. The predicted octanol–water partition coefficient (Wildman–Crippen LogP) is 4.49. The van der Waals surface area contributed by atoms with E-state index < -0.39 is 0 Å². The Hall–Kier alpha value is -0.870. The summed E-state index contributed by atoms with van der Waals surface area (Å²) in [4.78, 5) is 0. The summed E-state index contributed by atoms with van der Waals surface area (Å²) in [6.45, 7) is 5.30. The SMILES string of the molecule is CCNC(Cc1ccc(I)cc1)c1cccc(C)c1. The number of rotatable bonds is 5. The van der Waals surface area contributed by atoms with Crippen LogP contribution in [-0.2, 0) is 6.42 Å². The van der Waals surface area contributed by atoms with Crippen molar-refractivity contribution in [1.82, 2.24) is 5.32 Å². The van der Waals surface area contributed by atoms with Crippen molar-refractivity contribution >= 4 is 22.6 Å². The van der Waals surface area contributed by atoms with E-state index in [9.17, 15) is 0 Å². The Labute approximate surface area is 129 Å². The molecule has 0 spiro atoms. The lowest BCUT2D eigenvalue weighted by Crippen LogP contribution is -2.23. The van der Waals surface area contributed by atoms with E-state index in [1.807, 2.05) is 0 Å². The van der Waals surface area contributed by atoms with Crippen LogP contribution in [0.15, 0.2) is 48.5 Å². The first-order valence-electron chi connectivity index (χ1n) is 6.73. The van der Waals surface area contributed by atoms with Crippen LogP contribution >= 0.6 is 22.6 Å². The van der Waals surface area contributed by atoms with Gasteiger partial charge in [-0.2, -0.15) is 0 Å². The van der Waals surface area contributed by atoms with Crippen LogP contribution in [0.1, 0.15) is 29.7 Å². The van der Waals surface area contributed by atoms with Gasteiger partial charge in [-0.15, -0.1) is 0 Å². The molecule has 0 bridgehead atoms. The summed E-state index contributed by atoms with van der Waals surface area (Å²) in [7, 11) is 0. The molecule has 0 heterocycles. The Bertz CT molecular complexity index is 519. The topological polar surface area (TPSA) is 12.0 Å². The molecule has 1 nitrogen and oxygen atoms in total. The van der Waals surface area contributed by atoms with Crippen molar-refractivity contribution in [1.29, 1.82) is 0 Å². The van der Waals surface area contributed by atoms with Crippen molar-refractivity contribution in [3.05, 3.63) is 68.8 Å². The number of hydrogen-bond acceptors (Lipinski definition) is 1. The van der Waals surface area contributed by atoms with E-state index in [4.69, 9.17) is 0 Å². The highest BCUT2D eigenvalue weighted by Crippen LogP contribution is 2.20. The van der Waals surface area contributed by atoms with Crippen LogP contribution in [-0.4, -0.2) is 6.54 Å². The van der Waals surface area contributed by atoms with Crippen LogP contribution in [0.3, 0.4) is 0 Å². The molecule has 1 N–H and O–H groups in total. The number of aryl methyl sites for hydroxylation is 1. The molecule has 0 saturated carbocycles. The lowest BCUT2D eigenvalue weighted by molar-refractivity contribution is 0.549. The highest BCUT2D eigenvalue weighted by molar-refractivity contribution is 14.1. The van der Waals surface area contributed by atoms with Gasteiger partial charge >= 0.3 is 0 Å². The van der Waals surface area contributed by atoms with E-state index in [1.54, 1.807) is 0 Å². The molecule has 0 fully saturated rings. The predicted molar refractivity (Wildman–Crippen MR) is 90.5 cm³/mol. The summed E-state index contributed by atoms with van der Waals surface area (Å²) >= 11 is 2.35. The third-order valence-electron chi connectivity index (χ3n) is 3.25. The normalized spacial score (nSPS) is 12.4. The van der Waals surface area contributed by atoms with Gasteiger partial charge in [-0.3, -0.25) is 0 Å². The molecule has 19 heavy (non-hydrogen) atoms. The standard InChI is InChI=1S/C17H20IN/c1-3-19-17(15-6-4-5-13(2)11-15)12-14-7-9-16(18)10-8-14/h4-11,17,19H,3,12H2,1-2H3. The molecule has 0 radical (unpaired) electrons. The van der Waals surface area contributed by atoms with Gasteiger partial charge in [0.15, 0.2) is 0 Å². The molecule has 0 aliphatic heterocycles. The summed E-state index contributed by atoms with van der Waals surface area (Å²) in [5, 5.41) is 3.59. The third-order valence-corrected chi connectivity index (χ3v) is 3.97. The maximum absolute atomic E-state index is 3.59. The second-order valence-corrected chi connectivity index (χ2v) is 6.10. The molecule has 100 valence electrons. The summed E-state index contributed by atoms with van der Waals surface area (Å²) < 4.78 is 1.29. The van der Waals surface area contributed by atoms with Gasteiger partial charge in [0.1, 0.15) is 0 Å². The lowest BCUT2D eigenvalue weighted by Gasteiger charge is -2.19. The fourth-order valence-electron chi connectivity index (χ4n) is 2.30. The van der Waals surface area contributed by atoms with Crippen molar-refractivity contribution in [2.24, 2.45) is 0 Å². The van der Waals surface area contributed by atoms with E-state index >= 15 is 0 Å². The number of nitrogens with one attached hydrogen (secondary N) is 1. The zero-order valence-electron chi connectivity index (χ0n) is 11.5. The molecule has 2 aromatic carbocycles. The molecule has 2 rings (SSSR count). The van der Waals surface area contributed by atoms with Gasteiger partial charge in [0, 0.05) is 9.61 Å². The number of halogens is 1. The van der Waals surface area contributed by atoms with Gasteiger partial charge in [-0.05, 0) is 65.7 Å². The van der Waals surface area contributed by atoms with Gasteiger partial charge in [0.05, 0.1) is 0 Å². The van der Waals surface area contributed by atoms with E-state index in [0.29, 0.717) is 6.04 Å². The highest BCUT2D eigenvalue weighted by Gasteiger charge is 2.11. The van der Waals surface area contributed by atoms with Crippen LogP contribution in [0.2, 0.25) is 0 Å². The Morgan fingerprint density at radius 3 is 2.47 bits per heavy atom. The summed E-state index contributed by atoms with van der Waals surface area (Å²) in [5.41, 5.74) is 4.08. The van der Waals surface area contributed by atoms with E-state index in [-0.39, 0.29) is 0 Å². The fourth-order valence-corrected chi connectivity index (χ4v) is 2.66.